The summed E-state index contributed by atoms with van der Waals surface area (Å²) in [7, 11) is 0. The van der Waals surface area contributed by atoms with Crippen LogP contribution >= 0.6 is 31.9 Å². The highest BCUT2D eigenvalue weighted by Crippen LogP contribution is 2.33. The molecule has 0 amide bonds. The number of nitrogens with zero attached hydrogens (tertiary/aromatic N) is 1. The third kappa shape index (κ3) is 3.46. The fraction of sp³-hybridized carbons (Fsp3) is 0. The van der Waals surface area contributed by atoms with E-state index in [2.05, 4.69) is 31.9 Å². The molecule has 2 rings (SSSR count). The summed E-state index contributed by atoms with van der Waals surface area (Å²) in [6.45, 7) is 0. The lowest BCUT2D eigenvalue weighted by Gasteiger charge is -2.02. The van der Waals surface area contributed by atoms with Crippen LogP contribution in [0, 0.1) is 10.1 Å². The molecule has 0 spiro atoms. The van der Waals surface area contributed by atoms with Crippen LogP contribution in [0.5, 0.6) is 5.75 Å². The van der Waals surface area contributed by atoms with Gasteiger partial charge in [-0.25, -0.2) is 0 Å². The van der Waals surface area contributed by atoms with Crippen molar-refractivity contribution in [2.24, 2.45) is 0 Å². The molecule has 102 valence electrons. The van der Waals surface area contributed by atoms with Gasteiger partial charge in [0.2, 0.25) is 0 Å². The Morgan fingerprint density at radius 1 is 1.05 bits per heavy atom. The van der Waals surface area contributed by atoms with Crippen molar-refractivity contribution in [3.05, 3.63) is 66.6 Å². The summed E-state index contributed by atoms with van der Waals surface area (Å²) in [5.74, 6) is 0.137. The van der Waals surface area contributed by atoms with Gasteiger partial charge in [-0.15, -0.1) is 0 Å². The molecule has 0 saturated heterocycles. The number of benzene rings is 2. The molecule has 0 radical (unpaired) electrons. The minimum Gasteiger partial charge on any atom is -0.506 e. The molecule has 4 nitrogen and oxygen atoms in total. The van der Waals surface area contributed by atoms with E-state index in [9.17, 15) is 15.2 Å². The van der Waals surface area contributed by atoms with E-state index in [1.165, 1.54) is 12.1 Å². The number of aromatic hydroxyl groups is 1. The van der Waals surface area contributed by atoms with Crippen LogP contribution in [0.25, 0.3) is 12.2 Å². The highest BCUT2D eigenvalue weighted by atomic mass is 79.9. The molecule has 1 N–H and O–H groups in total. The van der Waals surface area contributed by atoms with Crippen LogP contribution in [-0.2, 0) is 0 Å². The van der Waals surface area contributed by atoms with Crippen molar-refractivity contribution >= 4 is 49.7 Å². The van der Waals surface area contributed by atoms with Crippen LogP contribution in [0.2, 0.25) is 0 Å². The highest BCUT2D eigenvalue weighted by Gasteiger charge is 2.05. The van der Waals surface area contributed by atoms with Gasteiger partial charge in [0.25, 0.3) is 5.69 Å². The van der Waals surface area contributed by atoms with Crippen molar-refractivity contribution < 1.29 is 10.0 Å². The van der Waals surface area contributed by atoms with Crippen LogP contribution in [0.15, 0.2) is 45.3 Å². The third-order valence-corrected chi connectivity index (χ3v) is 3.80. The summed E-state index contributed by atoms with van der Waals surface area (Å²) in [5.41, 5.74) is 1.65. The molecule has 0 aromatic heterocycles. The largest absolute Gasteiger partial charge is 0.506 e. The number of phenolic OH excluding ortho intramolecular Hbond substituents is 1. The van der Waals surface area contributed by atoms with Crippen molar-refractivity contribution in [2.75, 3.05) is 0 Å². The number of hydrogen-bond donors (Lipinski definition) is 1. The highest BCUT2D eigenvalue weighted by molar-refractivity contribution is 9.11. The van der Waals surface area contributed by atoms with E-state index in [1.807, 2.05) is 6.08 Å². The summed E-state index contributed by atoms with van der Waals surface area (Å²) < 4.78 is 1.15. The first-order valence-corrected chi connectivity index (χ1v) is 7.16. The number of phenols is 1. The van der Waals surface area contributed by atoms with Crippen molar-refractivity contribution in [2.45, 2.75) is 0 Å². The van der Waals surface area contributed by atoms with E-state index in [4.69, 9.17) is 0 Å². The van der Waals surface area contributed by atoms with Crippen LogP contribution in [0.1, 0.15) is 11.1 Å². The van der Waals surface area contributed by atoms with Gasteiger partial charge >= 0.3 is 0 Å². The Morgan fingerprint density at radius 3 is 2.25 bits per heavy atom. The predicted molar refractivity (Wildman–Crippen MR) is 85.5 cm³/mol. The third-order valence-electron chi connectivity index (χ3n) is 2.59. The first-order valence-electron chi connectivity index (χ1n) is 5.58. The second kappa shape index (κ2) is 6.19. The van der Waals surface area contributed by atoms with Crippen LogP contribution < -0.4 is 0 Å². The number of hydrogen-bond acceptors (Lipinski definition) is 3. The van der Waals surface area contributed by atoms with Gasteiger partial charge in [0.1, 0.15) is 5.75 Å². The normalized spacial score (nSPS) is 10.9. The summed E-state index contributed by atoms with van der Waals surface area (Å²) in [4.78, 5) is 10.3. The molecule has 0 bridgehead atoms. The molecule has 0 saturated carbocycles. The molecule has 0 aliphatic rings. The number of nitro groups is 1. The summed E-state index contributed by atoms with van der Waals surface area (Å²) in [6, 6.07) is 9.89. The van der Waals surface area contributed by atoms with E-state index in [-0.39, 0.29) is 11.4 Å². The zero-order valence-corrected chi connectivity index (χ0v) is 13.3. The zero-order chi connectivity index (χ0) is 14.7. The lowest BCUT2D eigenvalue weighted by molar-refractivity contribution is -0.384. The molecule has 0 aliphatic carbocycles. The maximum Gasteiger partial charge on any atom is 0.270 e. The van der Waals surface area contributed by atoms with Gasteiger partial charge < -0.3 is 5.11 Å². The molecular formula is C14H9Br2NO3. The molecule has 0 aliphatic heterocycles. The fourth-order valence-corrected chi connectivity index (χ4v) is 2.84. The van der Waals surface area contributed by atoms with Gasteiger partial charge in [0, 0.05) is 12.1 Å². The van der Waals surface area contributed by atoms with Crippen molar-refractivity contribution in [3.63, 3.8) is 0 Å². The average Bonchev–Trinajstić information content (AvgIpc) is 2.42. The first-order chi connectivity index (χ1) is 9.47. The second-order valence-electron chi connectivity index (χ2n) is 4.02. The minimum absolute atomic E-state index is 0.0558. The molecule has 6 heteroatoms. The van der Waals surface area contributed by atoms with Crippen LogP contribution in [0.4, 0.5) is 5.69 Å². The number of rotatable bonds is 3. The van der Waals surface area contributed by atoms with E-state index in [1.54, 1.807) is 30.3 Å². The second-order valence-corrected chi connectivity index (χ2v) is 5.73. The molecule has 0 heterocycles. The lowest BCUT2D eigenvalue weighted by Crippen LogP contribution is -1.87. The van der Waals surface area contributed by atoms with E-state index >= 15 is 0 Å². The number of halogens is 2. The van der Waals surface area contributed by atoms with Gasteiger partial charge in [-0.1, -0.05) is 24.3 Å². The Kier molecular flexibility index (Phi) is 4.57. The molecule has 20 heavy (non-hydrogen) atoms. The Bertz CT molecular complexity index is 676. The zero-order valence-electron chi connectivity index (χ0n) is 10.1. The van der Waals surface area contributed by atoms with Crippen molar-refractivity contribution in [1.29, 1.82) is 0 Å². The standard InChI is InChI=1S/C14H9Br2NO3/c15-12-7-10(8-13(16)14(12)18)5-4-9-2-1-3-11(6-9)17(19)20/h1-8,18H/b5-4+. The van der Waals surface area contributed by atoms with Gasteiger partial charge in [0.15, 0.2) is 0 Å². The van der Waals surface area contributed by atoms with Gasteiger partial charge in [0.05, 0.1) is 13.9 Å². The first kappa shape index (κ1) is 14.7. The molecule has 0 fully saturated rings. The van der Waals surface area contributed by atoms with Gasteiger partial charge in [-0.05, 0) is 55.1 Å². The van der Waals surface area contributed by atoms with E-state index in [0.717, 1.165) is 11.1 Å². The Balaban J connectivity index is 2.30. The van der Waals surface area contributed by atoms with Crippen molar-refractivity contribution in [1.82, 2.24) is 0 Å². The van der Waals surface area contributed by atoms with Gasteiger partial charge in [-0.3, -0.25) is 10.1 Å². The molecular weight excluding hydrogens is 390 g/mol. The van der Waals surface area contributed by atoms with Gasteiger partial charge in [-0.2, -0.15) is 0 Å². The minimum atomic E-state index is -0.426. The summed E-state index contributed by atoms with van der Waals surface area (Å²) in [5, 5.41) is 20.3. The predicted octanol–water partition coefficient (Wildman–Crippen LogP) is 5.00. The topological polar surface area (TPSA) is 63.4 Å². The number of nitro benzene ring substituents is 1. The summed E-state index contributed by atoms with van der Waals surface area (Å²) in [6.07, 6.45) is 3.59. The monoisotopic (exact) mass is 397 g/mol. The number of non-ortho nitro benzene ring substituents is 1. The fourth-order valence-electron chi connectivity index (χ4n) is 1.62. The van der Waals surface area contributed by atoms with Crippen LogP contribution in [0.3, 0.4) is 0 Å². The Hall–Kier alpha value is -1.66. The van der Waals surface area contributed by atoms with Crippen molar-refractivity contribution in [3.8, 4) is 5.75 Å². The Labute approximate surface area is 132 Å². The molecule has 0 unspecified atom stereocenters. The maximum absolute atomic E-state index is 10.7. The lowest BCUT2D eigenvalue weighted by atomic mass is 10.1. The van der Waals surface area contributed by atoms with Crippen LogP contribution in [-0.4, -0.2) is 10.0 Å². The molecule has 2 aromatic carbocycles. The average molecular weight is 399 g/mol. The smallest absolute Gasteiger partial charge is 0.270 e. The maximum atomic E-state index is 10.7. The SMILES string of the molecule is O=[N+]([O-])c1cccc(/C=C/c2cc(Br)c(O)c(Br)c2)c1. The molecule has 2 aromatic rings. The summed E-state index contributed by atoms with van der Waals surface area (Å²) >= 11 is 6.50. The Morgan fingerprint density at radius 2 is 1.65 bits per heavy atom. The quantitative estimate of drug-likeness (QED) is 0.449. The molecule has 0 atom stereocenters. The van der Waals surface area contributed by atoms with E-state index < -0.39 is 4.92 Å². The van der Waals surface area contributed by atoms with E-state index in [0.29, 0.717) is 8.95 Å².